The third-order valence-corrected chi connectivity index (χ3v) is 3.29. The summed E-state index contributed by atoms with van der Waals surface area (Å²) in [5, 5.41) is 2.85. The summed E-state index contributed by atoms with van der Waals surface area (Å²) in [4.78, 5) is 12.0. The largest absolute Gasteiger partial charge is 0.398 e. The van der Waals surface area contributed by atoms with Crippen molar-refractivity contribution in [1.82, 2.24) is 5.32 Å². The van der Waals surface area contributed by atoms with Crippen LogP contribution in [0.3, 0.4) is 0 Å². The molecule has 0 saturated heterocycles. The molecule has 1 rings (SSSR count). The average Bonchev–Trinajstić information content (AvgIpc) is 2.23. The molecule has 1 aromatic carbocycles. The van der Waals surface area contributed by atoms with Crippen molar-refractivity contribution in [1.29, 1.82) is 0 Å². The van der Waals surface area contributed by atoms with Crippen LogP contribution in [0.5, 0.6) is 0 Å². The molecule has 0 bridgehead atoms. The molecule has 1 unspecified atom stereocenters. The summed E-state index contributed by atoms with van der Waals surface area (Å²) in [6.45, 7) is 9.60. The lowest BCUT2D eigenvalue weighted by atomic mass is 9.88. The standard InChI is InChI=1S/C14H21FN2O/c1-8-11(15)6-10(7-12(8)16)13(18)17-9(2)14(3,4)5/h6-7,9H,16H2,1-5H3,(H,17,18). The Morgan fingerprint density at radius 2 is 1.94 bits per heavy atom. The van der Waals surface area contributed by atoms with Crippen molar-refractivity contribution < 1.29 is 9.18 Å². The third-order valence-electron chi connectivity index (χ3n) is 3.29. The van der Waals surface area contributed by atoms with E-state index in [4.69, 9.17) is 5.73 Å². The first kappa shape index (κ1) is 14.5. The Morgan fingerprint density at radius 3 is 2.39 bits per heavy atom. The number of rotatable bonds is 2. The van der Waals surface area contributed by atoms with E-state index in [1.807, 2.05) is 27.7 Å². The van der Waals surface area contributed by atoms with Crippen LogP contribution in [0.4, 0.5) is 10.1 Å². The maximum Gasteiger partial charge on any atom is 0.251 e. The molecule has 1 atom stereocenters. The van der Waals surface area contributed by atoms with Gasteiger partial charge in [-0.25, -0.2) is 4.39 Å². The van der Waals surface area contributed by atoms with Gasteiger partial charge in [0.05, 0.1) is 0 Å². The first-order valence-electron chi connectivity index (χ1n) is 5.99. The molecule has 0 aliphatic heterocycles. The van der Waals surface area contributed by atoms with Gasteiger partial charge in [0.2, 0.25) is 0 Å². The number of hydrogen-bond donors (Lipinski definition) is 2. The first-order valence-corrected chi connectivity index (χ1v) is 5.99. The molecule has 0 radical (unpaired) electrons. The number of nitrogen functional groups attached to an aromatic ring is 1. The fraction of sp³-hybridized carbons (Fsp3) is 0.500. The summed E-state index contributed by atoms with van der Waals surface area (Å²) in [5.41, 5.74) is 6.53. The van der Waals surface area contributed by atoms with Crippen LogP contribution in [0, 0.1) is 18.2 Å². The zero-order chi connectivity index (χ0) is 14.1. The molecule has 18 heavy (non-hydrogen) atoms. The van der Waals surface area contributed by atoms with E-state index in [-0.39, 0.29) is 22.9 Å². The molecular formula is C14H21FN2O. The number of halogens is 1. The Hall–Kier alpha value is -1.58. The van der Waals surface area contributed by atoms with E-state index in [9.17, 15) is 9.18 Å². The molecule has 3 nitrogen and oxygen atoms in total. The quantitative estimate of drug-likeness (QED) is 0.795. The van der Waals surface area contributed by atoms with Crippen molar-refractivity contribution >= 4 is 11.6 Å². The van der Waals surface area contributed by atoms with Crippen molar-refractivity contribution in [3.8, 4) is 0 Å². The second kappa shape index (κ2) is 4.96. The van der Waals surface area contributed by atoms with Crippen LogP contribution in [0.2, 0.25) is 0 Å². The van der Waals surface area contributed by atoms with Crippen LogP contribution in [0.15, 0.2) is 12.1 Å². The van der Waals surface area contributed by atoms with Crippen LogP contribution in [0.25, 0.3) is 0 Å². The summed E-state index contributed by atoms with van der Waals surface area (Å²) in [5.74, 6) is -0.758. The smallest absolute Gasteiger partial charge is 0.251 e. The van der Waals surface area contributed by atoms with E-state index in [2.05, 4.69) is 5.32 Å². The fourth-order valence-corrected chi connectivity index (χ4v) is 1.33. The minimum absolute atomic E-state index is 0.0180. The molecular weight excluding hydrogens is 231 g/mol. The van der Waals surface area contributed by atoms with Gasteiger partial charge in [-0.2, -0.15) is 0 Å². The number of carbonyl (C=O) groups excluding carboxylic acids is 1. The zero-order valence-corrected chi connectivity index (χ0v) is 11.6. The molecule has 0 aliphatic carbocycles. The molecule has 0 heterocycles. The summed E-state index contributed by atoms with van der Waals surface area (Å²) in [6, 6.07) is 2.70. The first-order chi connectivity index (χ1) is 8.12. The highest BCUT2D eigenvalue weighted by Gasteiger charge is 2.22. The van der Waals surface area contributed by atoms with Crippen molar-refractivity contribution in [2.45, 2.75) is 40.7 Å². The second-order valence-corrected chi connectivity index (χ2v) is 5.73. The minimum Gasteiger partial charge on any atom is -0.398 e. The van der Waals surface area contributed by atoms with E-state index in [1.165, 1.54) is 12.1 Å². The summed E-state index contributed by atoms with van der Waals surface area (Å²) < 4.78 is 13.5. The van der Waals surface area contributed by atoms with Crippen LogP contribution in [-0.4, -0.2) is 11.9 Å². The Bertz CT molecular complexity index is 440. The number of carbonyl (C=O) groups is 1. The molecule has 1 aromatic rings. The predicted octanol–water partition coefficient (Wildman–Crippen LogP) is 2.88. The van der Waals surface area contributed by atoms with E-state index < -0.39 is 5.82 Å². The van der Waals surface area contributed by atoms with Crippen LogP contribution < -0.4 is 11.1 Å². The number of benzene rings is 1. The van der Waals surface area contributed by atoms with Gasteiger partial charge in [-0.05, 0) is 31.4 Å². The van der Waals surface area contributed by atoms with Gasteiger partial charge in [0.25, 0.3) is 5.91 Å². The van der Waals surface area contributed by atoms with Gasteiger partial charge in [-0.1, -0.05) is 20.8 Å². The monoisotopic (exact) mass is 252 g/mol. The highest BCUT2D eigenvalue weighted by molar-refractivity contribution is 5.95. The number of nitrogens with one attached hydrogen (secondary N) is 1. The summed E-state index contributed by atoms with van der Waals surface area (Å²) in [6.07, 6.45) is 0. The van der Waals surface area contributed by atoms with Crippen molar-refractivity contribution in [2.24, 2.45) is 5.41 Å². The highest BCUT2D eigenvalue weighted by Crippen LogP contribution is 2.21. The average molecular weight is 252 g/mol. The van der Waals surface area contributed by atoms with Gasteiger partial charge >= 0.3 is 0 Å². The van der Waals surface area contributed by atoms with Crippen molar-refractivity contribution in [3.05, 3.63) is 29.1 Å². The predicted molar refractivity (Wildman–Crippen MR) is 71.9 cm³/mol. The van der Waals surface area contributed by atoms with Gasteiger partial charge < -0.3 is 11.1 Å². The second-order valence-electron chi connectivity index (χ2n) is 5.73. The maximum atomic E-state index is 13.5. The molecule has 4 heteroatoms. The number of nitrogens with two attached hydrogens (primary N) is 1. The van der Waals surface area contributed by atoms with Gasteiger partial charge in [-0.15, -0.1) is 0 Å². The molecule has 0 aliphatic rings. The molecule has 0 saturated carbocycles. The van der Waals surface area contributed by atoms with Crippen LogP contribution in [0.1, 0.15) is 43.6 Å². The topological polar surface area (TPSA) is 55.1 Å². The van der Waals surface area contributed by atoms with Crippen molar-refractivity contribution in [3.63, 3.8) is 0 Å². The Kier molecular flexibility index (Phi) is 3.99. The van der Waals surface area contributed by atoms with Gasteiger partial charge in [0, 0.05) is 22.9 Å². The Balaban J connectivity index is 2.92. The van der Waals surface area contributed by atoms with Crippen LogP contribution in [-0.2, 0) is 0 Å². The number of amides is 1. The Morgan fingerprint density at radius 1 is 1.39 bits per heavy atom. The number of hydrogen-bond acceptors (Lipinski definition) is 2. The number of anilines is 1. The fourth-order valence-electron chi connectivity index (χ4n) is 1.33. The summed E-state index contributed by atoms with van der Waals surface area (Å²) in [7, 11) is 0. The molecule has 3 N–H and O–H groups in total. The molecule has 0 fully saturated rings. The van der Waals surface area contributed by atoms with Gasteiger partial charge in [0.15, 0.2) is 0 Å². The van der Waals surface area contributed by atoms with E-state index in [0.29, 0.717) is 11.3 Å². The lowest BCUT2D eigenvalue weighted by molar-refractivity contribution is 0.0909. The Labute approximate surface area is 108 Å². The SMILES string of the molecule is Cc1c(N)cc(C(=O)NC(C)C(C)(C)C)cc1F. The summed E-state index contributed by atoms with van der Waals surface area (Å²) >= 11 is 0. The lowest BCUT2D eigenvalue weighted by Gasteiger charge is -2.28. The lowest BCUT2D eigenvalue weighted by Crippen LogP contribution is -2.41. The molecule has 1 amide bonds. The zero-order valence-electron chi connectivity index (χ0n) is 11.6. The maximum absolute atomic E-state index is 13.5. The molecule has 100 valence electrons. The van der Waals surface area contributed by atoms with Crippen molar-refractivity contribution in [2.75, 3.05) is 5.73 Å². The minimum atomic E-state index is -0.455. The van der Waals surface area contributed by atoms with Gasteiger partial charge in [0.1, 0.15) is 5.82 Å². The van der Waals surface area contributed by atoms with E-state index in [0.717, 1.165) is 0 Å². The normalized spacial score (nSPS) is 13.2. The molecule has 0 aromatic heterocycles. The molecule has 0 spiro atoms. The third kappa shape index (κ3) is 3.22. The van der Waals surface area contributed by atoms with E-state index in [1.54, 1.807) is 6.92 Å². The van der Waals surface area contributed by atoms with E-state index >= 15 is 0 Å². The highest BCUT2D eigenvalue weighted by atomic mass is 19.1. The van der Waals surface area contributed by atoms with Crippen LogP contribution >= 0.6 is 0 Å². The van der Waals surface area contributed by atoms with Gasteiger partial charge in [-0.3, -0.25) is 4.79 Å².